The minimum absolute atomic E-state index is 0.0873. The molecule has 1 aliphatic rings. The van der Waals surface area contributed by atoms with Crippen LogP contribution in [0.15, 0.2) is 12.1 Å². The first-order valence-electron chi connectivity index (χ1n) is 6.59. The van der Waals surface area contributed by atoms with Crippen LogP contribution in [0.5, 0.6) is 0 Å². The van der Waals surface area contributed by atoms with E-state index in [1.807, 2.05) is 26.0 Å². The molecule has 1 aliphatic heterocycles. The number of hydrogen-bond acceptors (Lipinski definition) is 3. The van der Waals surface area contributed by atoms with E-state index in [1.54, 1.807) is 11.8 Å². The molecule has 1 fully saturated rings. The molecule has 1 atom stereocenters. The van der Waals surface area contributed by atoms with E-state index >= 15 is 0 Å². The third kappa shape index (κ3) is 3.36. The minimum Gasteiger partial charge on any atom is -0.311 e. The molecule has 2 rings (SSSR count). The van der Waals surface area contributed by atoms with Crippen LogP contribution in [0.1, 0.15) is 24.5 Å². The summed E-state index contributed by atoms with van der Waals surface area (Å²) in [5.74, 6) is 0.999. The highest BCUT2D eigenvalue weighted by Crippen LogP contribution is 2.34. The number of aryl methyl sites for hydroxylation is 2. The van der Waals surface area contributed by atoms with Crippen LogP contribution in [0.4, 0.5) is 5.69 Å². The van der Waals surface area contributed by atoms with Crippen LogP contribution in [0.2, 0.25) is 5.02 Å². The molecule has 1 aromatic carbocycles. The maximum atomic E-state index is 12.2. The summed E-state index contributed by atoms with van der Waals surface area (Å²) in [6, 6.07) is 3.87. The second-order valence-corrected chi connectivity index (χ2v) is 6.87. The first kappa shape index (κ1) is 15.4. The normalized spacial score (nSPS) is 18.7. The molecule has 1 aromatic rings. The standard InChI is InChI=1S/C15H18ClNO2S/c1-9-4-13(16)14(5-10(9)2)17-7-12(6-15(17)19)8-20-11(3)18/h4-5,12H,6-8H2,1-3H3. The number of nitrogens with zero attached hydrogens (tertiary/aromatic N) is 1. The zero-order valence-electron chi connectivity index (χ0n) is 11.9. The maximum Gasteiger partial charge on any atom is 0.227 e. The topological polar surface area (TPSA) is 37.4 Å². The van der Waals surface area contributed by atoms with Gasteiger partial charge in [-0.3, -0.25) is 9.59 Å². The highest BCUT2D eigenvalue weighted by molar-refractivity contribution is 8.13. The number of anilines is 1. The number of hydrogen-bond donors (Lipinski definition) is 0. The Labute approximate surface area is 128 Å². The molecule has 108 valence electrons. The van der Waals surface area contributed by atoms with Gasteiger partial charge in [0.15, 0.2) is 5.12 Å². The van der Waals surface area contributed by atoms with E-state index in [1.165, 1.54) is 11.8 Å². The van der Waals surface area contributed by atoms with Crippen LogP contribution in [0, 0.1) is 19.8 Å². The first-order chi connectivity index (χ1) is 9.38. The molecule has 1 saturated heterocycles. The molecule has 1 unspecified atom stereocenters. The molecule has 0 bridgehead atoms. The molecule has 20 heavy (non-hydrogen) atoms. The molecule has 0 aliphatic carbocycles. The summed E-state index contributed by atoms with van der Waals surface area (Å²) in [7, 11) is 0. The van der Waals surface area contributed by atoms with Crippen LogP contribution >= 0.6 is 23.4 Å². The Bertz CT molecular complexity index is 559. The van der Waals surface area contributed by atoms with Gasteiger partial charge in [0.2, 0.25) is 5.91 Å². The van der Waals surface area contributed by atoms with Crippen molar-refractivity contribution < 1.29 is 9.59 Å². The molecule has 0 spiro atoms. The second kappa shape index (κ2) is 6.19. The summed E-state index contributed by atoms with van der Waals surface area (Å²) in [6.07, 6.45) is 0.490. The summed E-state index contributed by atoms with van der Waals surface area (Å²) in [5.41, 5.74) is 3.03. The van der Waals surface area contributed by atoms with Crippen LogP contribution < -0.4 is 4.90 Å². The van der Waals surface area contributed by atoms with Crippen molar-refractivity contribution in [3.8, 4) is 0 Å². The zero-order valence-corrected chi connectivity index (χ0v) is 13.5. The number of carbonyl (C=O) groups is 2. The number of thioether (sulfide) groups is 1. The fourth-order valence-electron chi connectivity index (χ4n) is 2.33. The molecule has 0 N–H and O–H groups in total. The number of carbonyl (C=O) groups excluding carboxylic acids is 2. The van der Waals surface area contributed by atoms with Crippen molar-refractivity contribution in [1.82, 2.24) is 0 Å². The fraction of sp³-hybridized carbons (Fsp3) is 0.467. The monoisotopic (exact) mass is 311 g/mol. The number of rotatable bonds is 3. The molecule has 0 saturated carbocycles. The predicted molar refractivity (Wildman–Crippen MR) is 84.5 cm³/mol. The van der Waals surface area contributed by atoms with Gasteiger partial charge in [0.25, 0.3) is 0 Å². The summed E-state index contributed by atoms with van der Waals surface area (Å²) in [5, 5.41) is 0.710. The smallest absolute Gasteiger partial charge is 0.227 e. The van der Waals surface area contributed by atoms with Crippen LogP contribution in [-0.4, -0.2) is 23.3 Å². The first-order valence-corrected chi connectivity index (χ1v) is 7.95. The Morgan fingerprint density at radius 2 is 2.05 bits per heavy atom. The quantitative estimate of drug-likeness (QED) is 0.856. The SMILES string of the molecule is CC(=O)SCC1CC(=O)N(c2cc(C)c(C)cc2Cl)C1. The van der Waals surface area contributed by atoms with Gasteiger partial charge in [0.1, 0.15) is 0 Å². The van der Waals surface area contributed by atoms with Gasteiger partial charge in [-0.25, -0.2) is 0 Å². The lowest BCUT2D eigenvalue weighted by molar-refractivity contribution is -0.117. The maximum absolute atomic E-state index is 12.2. The Hall–Kier alpha value is -1.00. The Morgan fingerprint density at radius 3 is 2.70 bits per heavy atom. The van der Waals surface area contributed by atoms with Gasteiger partial charge in [-0.1, -0.05) is 23.4 Å². The lowest BCUT2D eigenvalue weighted by atomic mass is 10.1. The van der Waals surface area contributed by atoms with E-state index in [0.717, 1.165) is 16.8 Å². The lowest BCUT2D eigenvalue weighted by Gasteiger charge is -2.19. The average Bonchev–Trinajstić information content (AvgIpc) is 2.72. The van der Waals surface area contributed by atoms with Crippen molar-refractivity contribution in [2.24, 2.45) is 5.92 Å². The van der Waals surface area contributed by atoms with Crippen molar-refractivity contribution >= 4 is 40.1 Å². The molecule has 1 heterocycles. The third-order valence-electron chi connectivity index (χ3n) is 3.58. The minimum atomic E-state index is 0.0873. The highest BCUT2D eigenvalue weighted by atomic mass is 35.5. The number of benzene rings is 1. The zero-order chi connectivity index (χ0) is 14.9. The number of amides is 1. The summed E-state index contributed by atoms with van der Waals surface area (Å²) < 4.78 is 0. The van der Waals surface area contributed by atoms with E-state index in [2.05, 4.69) is 0 Å². The summed E-state index contributed by atoms with van der Waals surface area (Å²) in [6.45, 7) is 6.21. The van der Waals surface area contributed by atoms with Crippen molar-refractivity contribution in [1.29, 1.82) is 0 Å². The van der Waals surface area contributed by atoms with Gasteiger partial charge in [-0.15, -0.1) is 0 Å². The summed E-state index contributed by atoms with van der Waals surface area (Å²) >= 11 is 7.56. The Kier molecular flexibility index (Phi) is 4.76. The molecular formula is C15H18ClNO2S. The highest BCUT2D eigenvalue weighted by Gasteiger charge is 2.32. The van der Waals surface area contributed by atoms with Gasteiger partial charge in [0, 0.05) is 25.6 Å². The molecule has 0 aromatic heterocycles. The lowest BCUT2D eigenvalue weighted by Crippen LogP contribution is -2.25. The van der Waals surface area contributed by atoms with Crippen LogP contribution in [0.25, 0.3) is 0 Å². The van der Waals surface area contributed by atoms with Crippen molar-refractivity contribution in [3.63, 3.8) is 0 Å². The average molecular weight is 312 g/mol. The predicted octanol–water partition coefficient (Wildman–Crippen LogP) is 3.59. The van der Waals surface area contributed by atoms with Crippen LogP contribution in [0.3, 0.4) is 0 Å². The van der Waals surface area contributed by atoms with Crippen molar-refractivity contribution in [2.45, 2.75) is 27.2 Å². The van der Waals surface area contributed by atoms with E-state index in [9.17, 15) is 9.59 Å². The van der Waals surface area contributed by atoms with E-state index in [-0.39, 0.29) is 16.9 Å². The van der Waals surface area contributed by atoms with Crippen LogP contribution in [-0.2, 0) is 9.59 Å². The second-order valence-electron chi connectivity index (χ2n) is 5.26. The van der Waals surface area contributed by atoms with Gasteiger partial charge >= 0.3 is 0 Å². The number of halogens is 1. The van der Waals surface area contributed by atoms with Gasteiger partial charge in [-0.2, -0.15) is 0 Å². The Balaban J connectivity index is 2.16. The summed E-state index contributed by atoms with van der Waals surface area (Å²) in [4.78, 5) is 24.9. The largest absolute Gasteiger partial charge is 0.311 e. The van der Waals surface area contributed by atoms with Crippen molar-refractivity contribution in [3.05, 3.63) is 28.3 Å². The van der Waals surface area contributed by atoms with Gasteiger partial charge in [0.05, 0.1) is 10.7 Å². The fourth-order valence-corrected chi connectivity index (χ4v) is 3.35. The van der Waals surface area contributed by atoms with E-state index < -0.39 is 0 Å². The van der Waals surface area contributed by atoms with Gasteiger partial charge < -0.3 is 4.90 Å². The van der Waals surface area contributed by atoms with E-state index in [4.69, 9.17) is 11.6 Å². The molecular weight excluding hydrogens is 294 g/mol. The third-order valence-corrected chi connectivity index (χ3v) is 4.93. The molecule has 3 nitrogen and oxygen atoms in total. The van der Waals surface area contributed by atoms with E-state index in [0.29, 0.717) is 23.7 Å². The molecule has 1 amide bonds. The van der Waals surface area contributed by atoms with Crippen molar-refractivity contribution in [2.75, 3.05) is 17.2 Å². The Morgan fingerprint density at radius 1 is 1.40 bits per heavy atom. The van der Waals surface area contributed by atoms with Gasteiger partial charge in [-0.05, 0) is 43.0 Å². The molecule has 0 radical (unpaired) electrons. The molecule has 5 heteroatoms.